The molecule has 0 spiro atoms. The highest BCUT2D eigenvalue weighted by Crippen LogP contribution is 2.27. The summed E-state index contributed by atoms with van der Waals surface area (Å²) in [5.41, 5.74) is 0.537. The second-order valence-electron chi connectivity index (χ2n) is 6.02. The Morgan fingerprint density at radius 1 is 1.20 bits per heavy atom. The van der Waals surface area contributed by atoms with Crippen molar-refractivity contribution >= 4 is 33.6 Å². The van der Waals surface area contributed by atoms with E-state index in [-0.39, 0.29) is 12.5 Å². The number of esters is 1. The van der Waals surface area contributed by atoms with Crippen LogP contribution in [-0.2, 0) is 20.9 Å². The van der Waals surface area contributed by atoms with Gasteiger partial charge >= 0.3 is 11.6 Å². The molecule has 6 heteroatoms. The maximum Gasteiger partial charge on any atom is 0.336 e. The van der Waals surface area contributed by atoms with Gasteiger partial charge in [-0.1, -0.05) is 30.3 Å². The summed E-state index contributed by atoms with van der Waals surface area (Å²) in [6, 6.07) is 12.1. The third kappa shape index (κ3) is 2.87. The fraction of sp³-hybridized carbons (Fsp3) is 0.211. The van der Waals surface area contributed by atoms with E-state index in [4.69, 9.17) is 9.15 Å². The third-order valence-electron chi connectivity index (χ3n) is 4.36. The van der Waals surface area contributed by atoms with Crippen LogP contribution >= 0.6 is 0 Å². The van der Waals surface area contributed by atoms with Crippen LogP contribution in [0.15, 0.2) is 51.7 Å². The van der Waals surface area contributed by atoms with Gasteiger partial charge in [0, 0.05) is 23.4 Å². The first-order valence-electron chi connectivity index (χ1n) is 8.02. The predicted octanol–water partition coefficient (Wildman–Crippen LogP) is 2.27. The molecule has 1 aliphatic rings. The van der Waals surface area contributed by atoms with Gasteiger partial charge in [0.25, 0.3) is 0 Å². The molecule has 0 saturated carbocycles. The van der Waals surface area contributed by atoms with Crippen molar-refractivity contribution in [2.24, 2.45) is 0 Å². The van der Waals surface area contributed by atoms with Crippen LogP contribution in [0.4, 0.5) is 0 Å². The van der Waals surface area contributed by atoms with Crippen LogP contribution in [0.1, 0.15) is 18.4 Å². The Hall–Kier alpha value is -3.15. The Labute approximate surface area is 142 Å². The Balaban J connectivity index is 1.71. The molecule has 1 saturated heterocycles. The average molecular weight is 337 g/mol. The molecular formula is C19H15NO5. The number of nitrogens with one attached hydrogen (secondary N) is 1. The van der Waals surface area contributed by atoms with E-state index in [9.17, 15) is 14.4 Å². The maximum absolute atomic E-state index is 12.1. The van der Waals surface area contributed by atoms with Crippen molar-refractivity contribution < 1.29 is 18.7 Å². The van der Waals surface area contributed by atoms with Gasteiger partial charge in [0.05, 0.1) is 0 Å². The summed E-state index contributed by atoms with van der Waals surface area (Å²) >= 11 is 0. The largest absolute Gasteiger partial charge is 0.459 e. The van der Waals surface area contributed by atoms with Crippen LogP contribution in [0, 0.1) is 0 Å². The highest BCUT2D eigenvalue weighted by Gasteiger charge is 2.28. The molecule has 1 amide bonds. The van der Waals surface area contributed by atoms with Gasteiger partial charge in [-0.3, -0.25) is 4.79 Å². The Morgan fingerprint density at radius 3 is 2.84 bits per heavy atom. The van der Waals surface area contributed by atoms with Gasteiger partial charge in [0.15, 0.2) is 0 Å². The molecule has 3 aromatic rings. The number of fused-ring (bicyclic) bond motifs is 3. The fourth-order valence-corrected chi connectivity index (χ4v) is 3.17. The lowest BCUT2D eigenvalue weighted by molar-refractivity contribution is -0.147. The number of hydrogen-bond acceptors (Lipinski definition) is 5. The van der Waals surface area contributed by atoms with Gasteiger partial charge in [0.2, 0.25) is 5.91 Å². The van der Waals surface area contributed by atoms with Crippen molar-refractivity contribution in [2.45, 2.75) is 25.5 Å². The second kappa shape index (κ2) is 6.05. The number of rotatable bonds is 3. The van der Waals surface area contributed by atoms with E-state index in [1.807, 2.05) is 30.3 Å². The van der Waals surface area contributed by atoms with Crippen LogP contribution in [0.5, 0.6) is 0 Å². The number of hydrogen-bond donors (Lipinski definition) is 1. The number of amides is 1. The molecule has 0 unspecified atom stereocenters. The molecule has 1 fully saturated rings. The highest BCUT2D eigenvalue weighted by molar-refractivity contribution is 6.07. The smallest absolute Gasteiger partial charge is 0.336 e. The molecule has 2 heterocycles. The quantitative estimate of drug-likeness (QED) is 0.450. The maximum atomic E-state index is 12.1. The van der Waals surface area contributed by atoms with Crippen molar-refractivity contribution in [1.29, 1.82) is 0 Å². The monoisotopic (exact) mass is 337 g/mol. The zero-order valence-corrected chi connectivity index (χ0v) is 13.3. The molecule has 0 radical (unpaired) electrons. The lowest BCUT2D eigenvalue weighted by Gasteiger charge is -2.12. The van der Waals surface area contributed by atoms with Gasteiger partial charge < -0.3 is 14.5 Å². The van der Waals surface area contributed by atoms with Crippen molar-refractivity contribution in [3.8, 4) is 0 Å². The van der Waals surface area contributed by atoms with Gasteiger partial charge in [-0.05, 0) is 23.3 Å². The molecular weight excluding hydrogens is 322 g/mol. The van der Waals surface area contributed by atoms with Crippen molar-refractivity contribution in [3.63, 3.8) is 0 Å². The van der Waals surface area contributed by atoms with E-state index in [1.165, 1.54) is 6.07 Å². The van der Waals surface area contributed by atoms with E-state index in [0.717, 1.165) is 16.2 Å². The van der Waals surface area contributed by atoms with E-state index in [2.05, 4.69) is 5.32 Å². The standard InChI is InChI=1S/C19H15NO5/c21-16-8-6-14(20-16)19(23)24-10-12-9-17(22)25-15-7-5-11-3-1-2-4-13(11)18(12)15/h1-5,7,9,14H,6,8,10H2,(H,20,21)/t14-/m1/s1. The summed E-state index contributed by atoms with van der Waals surface area (Å²) in [6.07, 6.45) is 0.751. The first kappa shape index (κ1) is 15.4. The lowest BCUT2D eigenvalue weighted by atomic mass is 10.0. The second-order valence-corrected chi connectivity index (χ2v) is 6.02. The topological polar surface area (TPSA) is 85.6 Å². The van der Waals surface area contributed by atoms with E-state index in [1.54, 1.807) is 6.07 Å². The van der Waals surface area contributed by atoms with Crippen molar-refractivity contribution in [2.75, 3.05) is 0 Å². The van der Waals surface area contributed by atoms with E-state index >= 15 is 0 Å². The minimum absolute atomic E-state index is 0.0543. The van der Waals surface area contributed by atoms with Gasteiger partial charge in [-0.25, -0.2) is 9.59 Å². The molecule has 0 bridgehead atoms. The molecule has 1 N–H and O–H groups in total. The molecule has 2 aromatic carbocycles. The molecule has 126 valence electrons. The summed E-state index contributed by atoms with van der Waals surface area (Å²) in [5, 5.41) is 5.25. The van der Waals surface area contributed by atoms with Crippen molar-refractivity contribution in [3.05, 3.63) is 58.4 Å². The number of benzene rings is 2. The summed E-state index contributed by atoms with van der Waals surface area (Å²) in [6.45, 7) is -0.0543. The van der Waals surface area contributed by atoms with E-state index in [0.29, 0.717) is 24.0 Å². The number of ether oxygens (including phenoxy) is 1. The van der Waals surface area contributed by atoms with Crippen LogP contribution in [0.25, 0.3) is 21.7 Å². The molecule has 1 aliphatic heterocycles. The summed E-state index contributed by atoms with van der Waals surface area (Å²) < 4.78 is 10.6. The lowest BCUT2D eigenvalue weighted by Crippen LogP contribution is -2.34. The molecule has 1 aromatic heterocycles. The van der Waals surface area contributed by atoms with E-state index < -0.39 is 17.6 Å². The average Bonchev–Trinajstić information content (AvgIpc) is 3.05. The first-order valence-corrected chi connectivity index (χ1v) is 8.02. The predicted molar refractivity (Wildman–Crippen MR) is 91.0 cm³/mol. The summed E-state index contributed by atoms with van der Waals surface area (Å²) in [4.78, 5) is 35.2. The SMILES string of the molecule is O=C1CC[C@H](C(=O)OCc2cc(=O)oc3ccc4ccccc4c23)N1. The Kier molecular flexibility index (Phi) is 3.72. The Morgan fingerprint density at radius 2 is 2.04 bits per heavy atom. The number of carbonyl (C=O) groups is 2. The van der Waals surface area contributed by atoms with Gasteiger partial charge in [0.1, 0.15) is 18.2 Å². The zero-order valence-electron chi connectivity index (χ0n) is 13.3. The Bertz CT molecular complexity index is 1050. The van der Waals surface area contributed by atoms with Crippen LogP contribution in [0.2, 0.25) is 0 Å². The van der Waals surface area contributed by atoms with Crippen molar-refractivity contribution in [1.82, 2.24) is 5.32 Å². The van der Waals surface area contributed by atoms with Gasteiger partial charge in [-0.15, -0.1) is 0 Å². The normalized spacial score (nSPS) is 17.0. The van der Waals surface area contributed by atoms with Crippen LogP contribution in [0.3, 0.4) is 0 Å². The first-order chi connectivity index (χ1) is 12.1. The molecule has 25 heavy (non-hydrogen) atoms. The summed E-state index contributed by atoms with van der Waals surface area (Å²) in [5.74, 6) is -0.647. The molecule has 1 atom stereocenters. The van der Waals surface area contributed by atoms with Crippen LogP contribution in [-0.4, -0.2) is 17.9 Å². The zero-order chi connectivity index (χ0) is 17.4. The van der Waals surface area contributed by atoms with Gasteiger partial charge in [-0.2, -0.15) is 0 Å². The minimum Gasteiger partial charge on any atom is -0.459 e. The minimum atomic E-state index is -0.615. The summed E-state index contributed by atoms with van der Waals surface area (Å²) in [7, 11) is 0. The molecule has 4 rings (SSSR count). The highest BCUT2D eigenvalue weighted by atomic mass is 16.5. The molecule has 6 nitrogen and oxygen atoms in total. The fourth-order valence-electron chi connectivity index (χ4n) is 3.17. The molecule has 0 aliphatic carbocycles. The number of carbonyl (C=O) groups excluding carboxylic acids is 2. The van der Waals surface area contributed by atoms with Crippen LogP contribution < -0.4 is 10.9 Å². The third-order valence-corrected chi connectivity index (χ3v) is 4.36.